The first kappa shape index (κ1) is 13.9. The van der Waals surface area contributed by atoms with Crippen LogP contribution in [0.15, 0.2) is 23.2 Å². The Balaban J connectivity index is 1.96. The molecule has 0 unspecified atom stereocenters. The number of halogens is 2. The van der Waals surface area contributed by atoms with Gasteiger partial charge in [-0.05, 0) is 18.6 Å². The predicted molar refractivity (Wildman–Crippen MR) is 72.1 cm³/mol. The summed E-state index contributed by atoms with van der Waals surface area (Å²) in [6.45, 7) is 2.47. The van der Waals surface area contributed by atoms with Gasteiger partial charge in [-0.2, -0.15) is 0 Å². The van der Waals surface area contributed by atoms with Crippen LogP contribution in [-0.4, -0.2) is 24.8 Å². The van der Waals surface area contributed by atoms with Gasteiger partial charge in [0.15, 0.2) is 0 Å². The van der Waals surface area contributed by atoms with Crippen LogP contribution in [0.4, 0.5) is 4.39 Å². The minimum Gasteiger partial charge on any atom is -0.490 e. The summed E-state index contributed by atoms with van der Waals surface area (Å²) in [5.74, 6) is -0.0231. The molecule has 0 radical (unpaired) electrons. The largest absolute Gasteiger partial charge is 0.490 e. The van der Waals surface area contributed by atoms with E-state index in [2.05, 4.69) is 4.99 Å². The van der Waals surface area contributed by atoms with Gasteiger partial charge >= 0.3 is 0 Å². The molecule has 0 saturated carbocycles. The van der Waals surface area contributed by atoms with E-state index in [0.717, 1.165) is 6.42 Å². The van der Waals surface area contributed by atoms with Crippen LogP contribution in [0, 0.1) is 5.82 Å². The summed E-state index contributed by atoms with van der Waals surface area (Å²) in [6.07, 6.45) is 1.40. The molecule has 1 aliphatic rings. The predicted octanol–water partition coefficient (Wildman–Crippen LogP) is 2.74. The van der Waals surface area contributed by atoms with Crippen molar-refractivity contribution in [2.24, 2.45) is 10.7 Å². The first-order valence-corrected chi connectivity index (χ1v) is 6.54. The van der Waals surface area contributed by atoms with Gasteiger partial charge in [0.1, 0.15) is 24.3 Å². The monoisotopic (exact) mass is 286 g/mol. The molecule has 1 aromatic rings. The zero-order valence-electron chi connectivity index (χ0n) is 10.6. The molecule has 0 spiro atoms. The van der Waals surface area contributed by atoms with Crippen molar-refractivity contribution in [2.45, 2.75) is 31.9 Å². The lowest BCUT2D eigenvalue weighted by Crippen LogP contribution is -2.22. The zero-order chi connectivity index (χ0) is 13.8. The van der Waals surface area contributed by atoms with Crippen LogP contribution >= 0.6 is 11.6 Å². The lowest BCUT2D eigenvalue weighted by molar-refractivity contribution is 0.168. The van der Waals surface area contributed by atoms with Crippen molar-refractivity contribution in [3.63, 3.8) is 0 Å². The fourth-order valence-corrected chi connectivity index (χ4v) is 2.02. The average Bonchev–Trinajstić information content (AvgIpc) is 2.78. The topological polar surface area (TPSA) is 56.8 Å². The summed E-state index contributed by atoms with van der Waals surface area (Å²) in [7, 11) is 0. The van der Waals surface area contributed by atoms with Crippen molar-refractivity contribution in [2.75, 3.05) is 6.61 Å². The molecule has 0 saturated heterocycles. The number of rotatable bonds is 5. The number of hydrogen-bond donors (Lipinski definition) is 1. The van der Waals surface area contributed by atoms with E-state index in [1.54, 1.807) is 6.07 Å². The highest BCUT2D eigenvalue weighted by molar-refractivity contribution is 6.30. The molecule has 1 aromatic carbocycles. The number of ether oxygens (including phenoxy) is 2. The molecule has 104 valence electrons. The zero-order valence-corrected chi connectivity index (χ0v) is 11.4. The maximum atomic E-state index is 13.3. The van der Waals surface area contributed by atoms with E-state index in [9.17, 15) is 4.39 Å². The van der Waals surface area contributed by atoms with Gasteiger partial charge in [0.25, 0.3) is 6.02 Å². The SMILES string of the molecule is CC[C@@H](C[C@H]1COC(N)=N1)Oc1ccc(Cl)c(F)c1. The number of nitrogens with zero attached hydrogens (tertiary/aromatic N) is 1. The Bertz CT molecular complexity index is 482. The Kier molecular flexibility index (Phi) is 4.47. The molecule has 0 aromatic heterocycles. The van der Waals surface area contributed by atoms with Gasteiger partial charge in [-0.3, -0.25) is 0 Å². The molecule has 1 aliphatic heterocycles. The van der Waals surface area contributed by atoms with E-state index in [1.165, 1.54) is 12.1 Å². The van der Waals surface area contributed by atoms with Crippen LogP contribution in [0.1, 0.15) is 19.8 Å². The number of benzene rings is 1. The molecular formula is C13H16ClFN2O2. The van der Waals surface area contributed by atoms with Crippen molar-refractivity contribution in [3.8, 4) is 5.75 Å². The lowest BCUT2D eigenvalue weighted by atomic mass is 10.1. The lowest BCUT2D eigenvalue weighted by Gasteiger charge is -2.19. The van der Waals surface area contributed by atoms with Crippen molar-refractivity contribution >= 4 is 17.6 Å². The second-order valence-corrected chi connectivity index (χ2v) is 4.80. The van der Waals surface area contributed by atoms with Gasteiger partial charge in [-0.1, -0.05) is 18.5 Å². The standard InChI is InChI=1S/C13H16ClFN2O2/c1-2-9(5-8-7-18-13(16)17-8)19-10-3-4-11(14)12(15)6-10/h3-4,6,8-9H,2,5,7H2,1H3,(H2,16,17)/t8-,9-/m0/s1. The molecule has 0 aliphatic carbocycles. The molecule has 2 N–H and O–H groups in total. The average molecular weight is 287 g/mol. The molecule has 0 fully saturated rings. The quantitative estimate of drug-likeness (QED) is 0.905. The Labute approximate surface area is 116 Å². The molecule has 2 atom stereocenters. The van der Waals surface area contributed by atoms with E-state index in [-0.39, 0.29) is 23.2 Å². The van der Waals surface area contributed by atoms with Gasteiger partial charge in [0.2, 0.25) is 0 Å². The van der Waals surface area contributed by atoms with Crippen LogP contribution in [0.2, 0.25) is 5.02 Å². The maximum Gasteiger partial charge on any atom is 0.282 e. The molecule has 6 heteroatoms. The van der Waals surface area contributed by atoms with Crippen LogP contribution in [0.25, 0.3) is 0 Å². The second-order valence-electron chi connectivity index (χ2n) is 4.39. The van der Waals surface area contributed by atoms with Gasteiger partial charge in [0, 0.05) is 12.5 Å². The molecule has 4 nitrogen and oxygen atoms in total. The Morgan fingerprint density at radius 3 is 3.00 bits per heavy atom. The highest BCUT2D eigenvalue weighted by Crippen LogP contribution is 2.23. The van der Waals surface area contributed by atoms with Crippen molar-refractivity contribution in [1.29, 1.82) is 0 Å². The van der Waals surface area contributed by atoms with Crippen LogP contribution < -0.4 is 10.5 Å². The molecule has 0 bridgehead atoms. The first-order chi connectivity index (χ1) is 9.08. The van der Waals surface area contributed by atoms with Gasteiger partial charge in [0.05, 0.1) is 11.1 Å². The van der Waals surface area contributed by atoms with E-state index in [0.29, 0.717) is 18.8 Å². The Hall–Kier alpha value is -1.49. The van der Waals surface area contributed by atoms with Gasteiger partial charge < -0.3 is 15.2 Å². The summed E-state index contributed by atoms with van der Waals surface area (Å²) < 4.78 is 24.1. The third-order valence-corrected chi connectivity index (χ3v) is 3.22. The van der Waals surface area contributed by atoms with Gasteiger partial charge in [-0.15, -0.1) is 0 Å². The van der Waals surface area contributed by atoms with E-state index in [4.69, 9.17) is 26.8 Å². The number of nitrogens with two attached hydrogens (primary N) is 1. The van der Waals surface area contributed by atoms with E-state index in [1.807, 2.05) is 6.92 Å². The summed E-state index contributed by atoms with van der Waals surface area (Å²) in [5.41, 5.74) is 5.45. The van der Waals surface area contributed by atoms with Gasteiger partial charge in [-0.25, -0.2) is 9.38 Å². The first-order valence-electron chi connectivity index (χ1n) is 6.16. The Morgan fingerprint density at radius 1 is 1.63 bits per heavy atom. The van der Waals surface area contributed by atoms with Crippen molar-refractivity contribution in [1.82, 2.24) is 0 Å². The highest BCUT2D eigenvalue weighted by atomic mass is 35.5. The smallest absolute Gasteiger partial charge is 0.282 e. The number of hydrogen-bond acceptors (Lipinski definition) is 4. The summed E-state index contributed by atoms with van der Waals surface area (Å²) in [5, 5.41) is 0.0852. The molecule has 2 rings (SSSR count). The fraction of sp³-hybridized carbons (Fsp3) is 0.462. The highest BCUT2D eigenvalue weighted by Gasteiger charge is 2.22. The van der Waals surface area contributed by atoms with E-state index < -0.39 is 5.82 Å². The Morgan fingerprint density at radius 2 is 2.42 bits per heavy atom. The van der Waals surface area contributed by atoms with Crippen LogP contribution in [0.5, 0.6) is 5.75 Å². The summed E-state index contributed by atoms with van der Waals surface area (Å²) in [4.78, 5) is 4.15. The second kappa shape index (κ2) is 6.10. The summed E-state index contributed by atoms with van der Waals surface area (Å²) in [6, 6.07) is 4.64. The van der Waals surface area contributed by atoms with Crippen LogP contribution in [0.3, 0.4) is 0 Å². The molecule has 19 heavy (non-hydrogen) atoms. The molecule has 1 heterocycles. The van der Waals surface area contributed by atoms with E-state index >= 15 is 0 Å². The van der Waals surface area contributed by atoms with Crippen LogP contribution in [-0.2, 0) is 4.74 Å². The maximum absolute atomic E-state index is 13.3. The van der Waals surface area contributed by atoms with Crippen molar-refractivity contribution < 1.29 is 13.9 Å². The molecule has 0 amide bonds. The third-order valence-electron chi connectivity index (χ3n) is 2.92. The minimum absolute atomic E-state index is 0.00194. The minimum atomic E-state index is -0.486. The molecular weight excluding hydrogens is 271 g/mol. The normalized spacial score (nSPS) is 19.7. The summed E-state index contributed by atoms with van der Waals surface area (Å²) >= 11 is 5.63. The number of aliphatic imine (C=N–C) groups is 1. The third kappa shape index (κ3) is 3.73. The van der Waals surface area contributed by atoms with Crippen molar-refractivity contribution in [3.05, 3.63) is 29.0 Å². The number of amidine groups is 1. The fourth-order valence-electron chi connectivity index (χ4n) is 1.90.